The molecule has 0 N–H and O–H groups in total. The maximum absolute atomic E-state index is 3.76. The van der Waals surface area contributed by atoms with Crippen molar-refractivity contribution < 1.29 is 0 Å². The molecular weight excluding hydrogens is 640 g/mol. The molecule has 0 saturated heterocycles. The molecule has 4 aliphatic rings. The highest BCUT2D eigenvalue weighted by Crippen LogP contribution is 2.59. The Morgan fingerprint density at radius 3 is 1.05 bits per heavy atom. The predicted octanol–water partition coefficient (Wildman–Crippen LogP) is 12.2. The van der Waals surface area contributed by atoms with Gasteiger partial charge in [0.2, 0.25) is 0 Å². The normalized spacial score (nSPS) is 18.3. The highest BCUT2D eigenvalue weighted by molar-refractivity contribution is 9.10. The fourth-order valence-electron chi connectivity index (χ4n) is 9.18. The van der Waals surface area contributed by atoms with E-state index in [0.717, 1.165) is 0 Å². The van der Waals surface area contributed by atoms with Crippen LogP contribution in [0.2, 0.25) is 0 Å². The zero-order chi connectivity index (χ0) is 28.1. The fraction of sp³-hybridized carbons (Fsp3) is 0.250. The van der Waals surface area contributed by atoms with Crippen LogP contribution in [0.25, 0.3) is 44.5 Å². The molecule has 2 saturated carbocycles. The average Bonchev–Trinajstić information content (AvgIpc) is 3.81. The van der Waals surface area contributed by atoms with Crippen LogP contribution in [-0.2, 0) is 10.8 Å². The number of hydrogen-bond acceptors (Lipinski definition) is 0. The van der Waals surface area contributed by atoms with Gasteiger partial charge in [0.15, 0.2) is 0 Å². The fourth-order valence-corrected chi connectivity index (χ4v) is 9.91. The predicted molar refractivity (Wildman–Crippen MR) is 182 cm³/mol. The van der Waals surface area contributed by atoms with Gasteiger partial charge in [-0.25, -0.2) is 0 Å². The molecule has 5 aromatic rings. The van der Waals surface area contributed by atoms with E-state index in [2.05, 4.69) is 129 Å². The maximum Gasteiger partial charge on any atom is 0.0215 e. The maximum atomic E-state index is 3.76. The molecule has 0 aliphatic heterocycles. The highest BCUT2D eigenvalue weighted by atomic mass is 79.9. The second kappa shape index (κ2) is 9.28. The zero-order valence-corrected chi connectivity index (χ0v) is 26.8. The van der Waals surface area contributed by atoms with Gasteiger partial charge >= 0.3 is 0 Å². The van der Waals surface area contributed by atoms with Crippen LogP contribution < -0.4 is 0 Å². The lowest BCUT2D eigenvalue weighted by molar-refractivity contribution is 0.550. The number of hydrogen-bond donors (Lipinski definition) is 0. The lowest BCUT2D eigenvalue weighted by Gasteiger charge is -2.27. The summed E-state index contributed by atoms with van der Waals surface area (Å²) in [5.41, 5.74) is 17.5. The van der Waals surface area contributed by atoms with Crippen LogP contribution in [0.5, 0.6) is 0 Å². The van der Waals surface area contributed by atoms with Crippen molar-refractivity contribution in [2.75, 3.05) is 0 Å². The van der Waals surface area contributed by atoms with Crippen LogP contribution in [-0.4, -0.2) is 0 Å². The summed E-state index contributed by atoms with van der Waals surface area (Å²) in [6, 6.07) is 37.6. The Labute approximate surface area is 265 Å². The van der Waals surface area contributed by atoms with Crippen molar-refractivity contribution in [3.63, 3.8) is 0 Å². The molecule has 2 heteroatoms. The summed E-state index contributed by atoms with van der Waals surface area (Å²) in [5.74, 6) is 0. The molecule has 42 heavy (non-hydrogen) atoms. The monoisotopic (exact) mass is 670 g/mol. The van der Waals surface area contributed by atoms with Crippen molar-refractivity contribution in [2.24, 2.45) is 0 Å². The topological polar surface area (TPSA) is 0 Å². The van der Waals surface area contributed by atoms with Crippen molar-refractivity contribution in [2.45, 2.75) is 62.2 Å². The average molecular weight is 673 g/mol. The summed E-state index contributed by atoms with van der Waals surface area (Å²) >= 11 is 7.52. The van der Waals surface area contributed by atoms with Crippen LogP contribution in [0.15, 0.2) is 106 Å². The summed E-state index contributed by atoms with van der Waals surface area (Å²) in [6.07, 6.45) is 10.3. The quantitative estimate of drug-likeness (QED) is 0.175. The molecular formula is C40H32Br2. The summed E-state index contributed by atoms with van der Waals surface area (Å²) in [4.78, 5) is 0. The van der Waals surface area contributed by atoms with Gasteiger partial charge in [0.05, 0.1) is 0 Å². The lowest BCUT2D eigenvalue weighted by atomic mass is 9.76. The Kier molecular flexibility index (Phi) is 5.64. The molecule has 0 bridgehead atoms. The second-order valence-corrected chi connectivity index (χ2v) is 14.9. The van der Waals surface area contributed by atoms with E-state index in [-0.39, 0.29) is 10.8 Å². The Morgan fingerprint density at radius 2 is 0.667 bits per heavy atom. The largest absolute Gasteiger partial charge is 0.0538 e. The summed E-state index contributed by atoms with van der Waals surface area (Å²) in [5, 5.41) is 0. The Bertz CT molecular complexity index is 1760. The van der Waals surface area contributed by atoms with Crippen LogP contribution in [0, 0.1) is 0 Å². The molecule has 0 heterocycles. The first-order valence-electron chi connectivity index (χ1n) is 15.6. The Hall–Kier alpha value is -2.94. The first kappa shape index (κ1) is 25.5. The van der Waals surface area contributed by atoms with E-state index in [1.54, 1.807) is 11.1 Å². The van der Waals surface area contributed by atoms with Crippen molar-refractivity contribution in [3.05, 3.63) is 128 Å². The molecule has 4 aliphatic carbocycles. The highest BCUT2D eigenvalue weighted by Gasteiger charge is 2.46. The van der Waals surface area contributed by atoms with E-state index in [4.69, 9.17) is 0 Å². The third-order valence-corrected chi connectivity index (χ3v) is 12.1. The van der Waals surface area contributed by atoms with Crippen molar-refractivity contribution >= 4 is 31.9 Å². The number of halogens is 2. The molecule has 2 fully saturated rings. The van der Waals surface area contributed by atoms with E-state index in [0.29, 0.717) is 0 Å². The SMILES string of the molecule is Brc1ccc2c(c1)C1(CCCC1)c1cc(-c3ccc(-c4ccc5c(c4)C4(CCCC4)c4cc(Br)ccc4-5)cc3)ccc1-2. The Balaban J connectivity index is 1.09. The standard InChI is InChI=1S/C40H32Br2/c41-29-11-15-33-31-13-9-27(21-35(31)39(37(33)23-29)17-1-2-18-39)25-5-7-26(8-6-25)28-10-14-32-34-16-12-30(42)24-38(34)40(36(32)22-28)19-3-4-20-40/h5-16,21-24H,1-4,17-20H2. The van der Waals surface area contributed by atoms with E-state index in [1.807, 2.05) is 0 Å². The molecule has 9 rings (SSSR count). The van der Waals surface area contributed by atoms with E-state index >= 15 is 0 Å². The summed E-state index contributed by atoms with van der Waals surface area (Å²) < 4.78 is 2.39. The first-order chi connectivity index (χ1) is 20.6. The van der Waals surface area contributed by atoms with Crippen LogP contribution >= 0.6 is 31.9 Å². The van der Waals surface area contributed by atoms with Crippen LogP contribution in [0.4, 0.5) is 0 Å². The van der Waals surface area contributed by atoms with Crippen molar-refractivity contribution in [3.8, 4) is 44.5 Å². The summed E-state index contributed by atoms with van der Waals surface area (Å²) in [7, 11) is 0. The minimum atomic E-state index is 0.179. The van der Waals surface area contributed by atoms with Gasteiger partial charge in [-0.15, -0.1) is 0 Å². The van der Waals surface area contributed by atoms with E-state index in [9.17, 15) is 0 Å². The number of fused-ring (bicyclic) bond motifs is 10. The molecule has 206 valence electrons. The van der Waals surface area contributed by atoms with Gasteiger partial charge in [-0.05, 0) is 129 Å². The minimum Gasteiger partial charge on any atom is -0.0538 e. The van der Waals surface area contributed by atoms with Gasteiger partial charge in [0, 0.05) is 19.8 Å². The van der Waals surface area contributed by atoms with Gasteiger partial charge < -0.3 is 0 Å². The summed E-state index contributed by atoms with van der Waals surface area (Å²) in [6.45, 7) is 0. The van der Waals surface area contributed by atoms with Crippen LogP contribution in [0.1, 0.15) is 73.6 Å². The van der Waals surface area contributed by atoms with Gasteiger partial charge in [-0.3, -0.25) is 0 Å². The zero-order valence-electron chi connectivity index (χ0n) is 23.7. The van der Waals surface area contributed by atoms with Crippen molar-refractivity contribution in [1.29, 1.82) is 0 Å². The minimum absolute atomic E-state index is 0.179. The smallest absolute Gasteiger partial charge is 0.0215 e. The molecule has 0 aromatic heterocycles. The third kappa shape index (κ3) is 3.52. The third-order valence-electron chi connectivity index (χ3n) is 11.1. The van der Waals surface area contributed by atoms with Crippen molar-refractivity contribution in [1.82, 2.24) is 0 Å². The van der Waals surface area contributed by atoms with E-state index in [1.165, 1.54) is 116 Å². The van der Waals surface area contributed by atoms with Gasteiger partial charge in [-0.1, -0.05) is 118 Å². The first-order valence-corrected chi connectivity index (χ1v) is 17.2. The molecule has 0 unspecified atom stereocenters. The Morgan fingerprint density at radius 1 is 0.357 bits per heavy atom. The molecule has 0 nitrogen and oxygen atoms in total. The van der Waals surface area contributed by atoms with E-state index < -0.39 is 0 Å². The van der Waals surface area contributed by atoms with Gasteiger partial charge in [-0.2, -0.15) is 0 Å². The molecule has 5 aromatic carbocycles. The number of rotatable bonds is 2. The van der Waals surface area contributed by atoms with Crippen LogP contribution in [0.3, 0.4) is 0 Å². The molecule has 0 radical (unpaired) electrons. The second-order valence-electron chi connectivity index (χ2n) is 13.1. The van der Waals surface area contributed by atoms with Gasteiger partial charge in [0.25, 0.3) is 0 Å². The molecule has 2 spiro atoms. The lowest BCUT2D eigenvalue weighted by Crippen LogP contribution is -2.20. The molecule has 0 atom stereocenters. The number of benzene rings is 5. The van der Waals surface area contributed by atoms with Gasteiger partial charge in [0.1, 0.15) is 0 Å². The molecule has 0 amide bonds.